The predicted molar refractivity (Wildman–Crippen MR) is 67.1 cm³/mol. The number of methoxy groups -OCH3 is 1. The van der Waals surface area contributed by atoms with Gasteiger partial charge in [-0.2, -0.15) is 0 Å². The summed E-state index contributed by atoms with van der Waals surface area (Å²) in [5, 5.41) is 8.97. The van der Waals surface area contributed by atoms with Crippen LogP contribution in [-0.2, 0) is 4.57 Å². The molecule has 9 heteroatoms. The van der Waals surface area contributed by atoms with Crippen LogP contribution < -0.4 is 10.2 Å². The van der Waals surface area contributed by atoms with E-state index in [1.54, 1.807) is 0 Å². The lowest BCUT2D eigenvalue weighted by Gasteiger charge is -2.04. The summed E-state index contributed by atoms with van der Waals surface area (Å²) in [6.07, 6.45) is 0. The van der Waals surface area contributed by atoms with Gasteiger partial charge < -0.3 is 24.0 Å². The SMILES string of the molecule is COc1cc(C(=O)O)cc(-c2ccc(P(=O)(O)O)o2)n1. The third kappa shape index (κ3) is 2.88. The fraction of sp³-hybridized carbons (Fsp3) is 0.0909. The zero-order valence-electron chi connectivity index (χ0n) is 10.2. The number of rotatable bonds is 4. The van der Waals surface area contributed by atoms with Gasteiger partial charge in [-0.1, -0.05) is 0 Å². The molecule has 0 aliphatic rings. The van der Waals surface area contributed by atoms with Gasteiger partial charge in [0.15, 0.2) is 5.76 Å². The van der Waals surface area contributed by atoms with Crippen molar-refractivity contribution in [2.75, 3.05) is 7.11 Å². The Kier molecular flexibility index (Phi) is 3.63. The lowest BCUT2D eigenvalue weighted by atomic mass is 10.2. The van der Waals surface area contributed by atoms with Gasteiger partial charge in [0.2, 0.25) is 11.4 Å². The molecule has 8 nitrogen and oxygen atoms in total. The average molecular weight is 299 g/mol. The first-order chi connectivity index (χ1) is 9.31. The Balaban J connectivity index is 2.52. The molecule has 0 spiro atoms. The summed E-state index contributed by atoms with van der Waals surface area (Å²) in [6, 6.07) is 4.84. The number of carbonyl (C=O) groups is 1. The Morgan fingerprint density at radius 1 is 1.35 bits per heavy atom. The average Bonchev–Trinajstić information content (AvgIpc) is 2.87. The van der Waals surface area contributed by atoms with Gasteiger partial charge in [0.05, 0.1) is 12.7 Å². The maximum absolute atomic E-state index is 11.0. The number of furan rings is 1. The molecule has 2 aromatic rings. The molecule has 0 atom stereocenters. The molecule has 0 radical (unpaired) electrons. The molecular weight excluding hydrogens is 289 g/mol. The van der Waals surface area contributed by atoms with E-state index < -0.39 is 19.1 Å². The van der Waals surface area contributed by atoms with Crippen molar-refractivity contribution in [3.8, 4) is 17.3 Å². The van der Waals surface area contributed by atoms with Gasteiger partial charge in [0.1, 0.15) is 5.69 Å². The van der Waals surface area contributed by atoms with Crippen molar-refractivity contribution < 1.29 is 33.4 Å². The number of hydrogen-bond acceptors (Lipinski definition) is 5. The summed E-state index contributed by atoms with van der Waals surface area (Å²) >= 11 is 0. The highest BCUT2D eigenvalue weighted by Gasteiger charge is 2.23. The Morgan fingerprint density at radius 3 is 2.55 bits per heavy atom. The summed E-state index contributed by atoms with van der Waals surface area (Å²) in [4.78, 5) is 32.9. The molecule has 0 unspecified atom stereocenters. The molecule has 0 fully saturated rings. The third-order valence-corrected chi connectivity index (χ3v) is 3.20. The molecule has 20 heavy (non-hydrogen) atoms. The van der Waals surface area contributed by atoms with Crippen molar-refractivity contribution >= 4 is 19.1 Å². The number of carboxylic acid groups (broad SMARTS) is 1. The van der Waals surface area contributed by atoms with Crippen molar-refractivity contribution in [1.29, 1.82) is 0 Å². The van der Waals surface area contributed by atoms with E-state index in [4.69, 9.17) is 24.0 Å². The van der Waals surface area contributed by atoms with Crippen LogP contribution in [0, 0.1) is 0 Å². The van der Waals surface area contributed by atoms with Crippen molar-refractivity contribution in [3.63, 3.8) is 0 Å². The maximum Gasteiger partial charge on any atom is 0.391 e. The van der Waals surface area contributed by atoms with Gasteiger partial charge in [-0.15, -0.1) is 0 Å². The van der Waals surface area contributed by atoms with Crippen LogP contribution in [0.15, 0.2) is 28.7 Å². The monoisotopic (exact) mass is 299 g/mol. The second-order valence-corrected chi connectivity index (χ2v) is 5.30. The molecule has 0 amide bonds. The van der Waals surface area contributed by atoms with E-state index in [9.17, 15) is 9.36 Å². The van der Waals surface area contributed by atoms with Crippen molar-refractivity contribution in [2.24, 2.45) is 0 Å². The van der Waals surface area contributed by atoms with Crippen LogP contribution in [0.3, 0.4) is 0 Å². The van der Waals surface area contributed by atoms with Crippen LogP contribution in [0.25, 0.3) is 11.5 Å². The number of aromatic nitrogens is 1. The van der Waals surface area contributed by atoms with Gasteiger partial charge in [0.25, 0.3) is 0 Å². The highest BCUT2D eigenvalue weighted by atomic mass is 31.2. The first-order valence-corrected chi connectivity index (χ1v) is 6.88. The molecule has 2 rings (SSSR count). The molecule has 0 saturated carbocycles. The van der Waals surface area contributed by atoms with Crippen molar-refractivity contribution in [1.82, 2.24) is 4.98 Å². The van der Waals surface area contributed by atoms with E-state index in [0.29, 0.717) is 0 Å². The minimum atomic E-state index is -4.51. The molecular formula is C11H10NO7P. The lowest BCUT2D eigenvalue weighted by Crippen LogP contribution is -2.00. The highest BCUT2D eigenvalue weighted by Crippen LogP contribution is 2.35. The molecule has 0 aliphatic carbocycles. The highest BCUT2D eigenvalue weighted by molar-refractivity contribution is 7.59. The van der Waals surface area contributed by atoms with E-state index in [1.807, 2.05) is 0 Å². The van der Waals surface area contributed by atoms with Gasteiger partial charge in [-0.3, -0.25) is 4.57 Å². The summed E-state index contributed by atoms with van der Waals surface area (Å²) in [7, 11) is -3.19. The topological polar surface area (TPSA) is 130 Å². The van der Waals surface area contributed by atoms with Crippen molar-refractivity contribution in [3.05, 3.63) is 29.8 Å². The van der Waals surface area contributed by atoms with Gasteiger partial charge >= 0.3 is 13.6 Å². The number of nitrogens with zero attached hydrogens (tertiary/aromatic N) is 1. The summed E-state index contributed by atoms with van der Waals surface area (Å²) in [6.45, 7) is 0. The molecule has 2 aromatic heterocycles. The minimum absolute atomic E-state index is 0.0322. The molecule has 2 heterocycles. The van der Waals surface area contributed by atoms with E-state index in [-0.39, 0.29) is 22.9 Å². The standard InChI is InChI=1S/C11H10NO7P/c1-18-9-5-6(11(13)14)4-7(12-9)8-2-3-10(19-8)20(15,16)17/h2-5H,1H3,(H,13,14)(H2,15,16,17). The molecule has 3 N–H and O–H groups in total. The van der Waals surface area contributed by atoms with Crippen LogP contribution >= 0.6 is 7.60 Å². The van der Waals surface area contributed by atoms with Gasteiger partial charge in [-0.25, -0.2) is 9.78 Å². The molecule has 0 aliphatic heterocycles. The van der Waals surface area contributed by atoms with Crippen molar-refractivity contribution in [2.45, 2.75) is 0 Å². The Bertz CT molecular complexity index is 703. The predicted octanol–water partition coefficient (Wildman–Crippen LogP) is 0.851. The second-order valence-electron chi connectivity index (χ2n) is 3.77. The van der Waals surface area contributed by atoms with Crippen LogP contribution in [-0.4, -0.2) is 33.0 Å². The first-order valence-electron chi connectivity index (χ1n) is 5.27. The maximum atomic E-state index is 11.0. The van der Waals surface area contributed by atoms with E-state index in [0.717, 1.165) is 6.07 Å². The van der Waals surface area contributed by atoms with E-state index in [1.165, 1.54) is 25.3 Å². The van der Waals surface area contributed by atoms with Crippen LogP contribution in [0.4, 0.5) is 0 Å². The minimum Gasteiger partial charge on any atom is -0.481 e. The van der Waals surface area contributed by atoms with Crippen LogP contribution in [0.5, 0.6) is 5.88 Å². The lowest BCUT2D eigenvalue weighted by molar-refractivity contribution is 0.0696. The molecule has 106 valence electrons. The second kappa shape index (κ2) is 5.09. The number of hydrogen-bond donors (Lipinski definition) is 3. The smallest absolute Gasteiger partial charge is 0.391 e. The third-order valence-electron chi connectivity index (χ3n) is 2.39. The summed E-state index contributed by atoms with van der Waals surface area (Å²) in [5.74, 6) is -1.10. The zero-order chi connectivity index (χ0) is 14.9. The molecule has 0 aromatic carbocycles. The quantitative estimate of drug-likeness (QED) is 0.708. The van der Waals surface area contributed by atoms with E-state index in [2.05, 4.69) is 4.98 Å². The Morgan fingerprint density at radius 2 is 2.05 bits per heavy atom. The fourth-order valence-electron chi connectivity index (χ4n) is 1.48. The number of carboxylic acids is 1. The van der Waals surface area contributed by atoms with Crippen LogP contribution in [0.2, 0.25) is 0 Å². The van der Waals surface area contributed by atoms with E-state index >= 15 is 0 Å². The summed E-state index contributed by atoms with van der Waals surface area (Å²) in [5.41, 5.74) is -0.503. The van der Waals surface area contributed by atoms with Gasteiger partial charge in [-0.05, 0) is 18.2 Å². The Labute approximate surface area is 112 Å². The number of pyridine rings is 1. The Hall–Kier alpha value is -2.15. The first kappa shape index (κ1) is 14.3. The largest absolute Gasteiger partial charge is 0.481 e. The fourth-order valence-corrected chi connectivity index (χ4v) is 1.97. The zero-order valence-corrected chi connectivity index (χ0v) is 11.1. The molecule has 0 bridgehead atoms. The summed E-state index contributed by atoms with van der Waals surface area (Å²) < 4.78 is 20.9. The van der Waals surface area contributed by atoms with Crippen LogP contribution in [0.1, 0.15) is 10.4 Å². The van der Waals surface area contributed by atoms with Gasteiger partial charge in [0, 0.05) is 6.07 Å². The number of ether oxygens (including phenoxy) is 1. The number of aromatic carboxylic acids is 1. The normalized spacial score (nSPS) is 11.3. The molecule has 0 saturated heterocycles.